The zero-order chi connectivity index (χ0) is 10.7. The van der Waals surface area contributed by atoms with Gasteiger partial charge in [0.05, 0.1) is 5.60 Å². The second kappa shape index (κ2) is 2.73. The third kappa shape index (κ3) is 1.01. The van der Waals surface area contributed by atoms with Crippen molar-refractivity contribution in [3.63, 3.8) is 0 Å². The number of Topliss-reactive ketones (excluding diaryl/α,β-unsaturated/α-hetero) is 1. The molecule has 3 saturated carbocycles. The standard InChI is InChI=1S/C13H18O2/c1-9-8-13(15)5-2-4-12(13)6-3-10(14)7-11(9)12/h11,15H,1-8H2/t11-,12+,13+/m1/s1. The maximum Gasteiger partial charge on any atom is 0.133 e. The van der Waals surface area contributed by atoms with Crippen molar-refractivity contribution in [1.82, 2.24) is 0 Å². The van der Waals surface area contributed by atoms with Gasteiger partial charge in [0.2, 0.25) is 0 Å². The van der Waals surface area contributed by atoms with Crippen molar-refractivity contribution < 1.29 is 9.90 Å². The summed E-state index contributed by atoms with van der Waals surface area (Å²) in [7, 11) is 0. The maximum absolute atomic E-state index is 11.5. The normalized spacial score (nSPS) is 49.3. The molecule has 1 N–H and O–H groups in total. The van der Waals surface area contributed by atoms with Crippen molar-refractivity contribution in [3.8, 4) is 0 Å². The Morgan fingerprint density at radius 3 is 2.93 bits per heavy atom. The first kappa shape index (κ1) is 9.59. The zero-order valence-electron chi connectivity index (χ0n) is 9.09. The lowest BCUT2D eigenvalue weighted by molar-refractivity contribution is -0.129. The van der Waals surface area contributed by atoms with Crippen LogP contribution in [0, 0.1) is 11.3 Å². The highest BCUT2D eigenvalue weighted by molar-refractivity contribution is 5.80. The molecule has 0 aromatic carbocycles. The fourth-order valence-electron chi connectivity index (χ4n) is 4.39. The quantitative estimate of drug-likeness (QED) is 0.617. The Hall–Kier alpha value is -0.630. The molecule has 3 rings (SSSR count). The number of hydrogen-bond acceptors (Lipinski definition) is 2. The average molecular weight is 206 g/mol. The Kier molecular flexibility index (Phi) is 1.75. The van der Waals surface area contributed by atoms with Crippen molar-refractivity contribution in [2.24, 2.45) is 11.3 Å². The highest BCUT2D eigenvalue weighted by Gasteiger charge is 2.64. The number of aliphatic hydroxyl groups is 1. The largest absolute Gasteiger partial charge is 0.389 e. The first-order valence-electron chi connectivity index (χ1n) is 5.99. The van der Waals surface area contributed by atoms with Gasteiger partial charge in [-0.15, -0.1) is 0 Å². The van der Waals surface area contributed by atoms with Crippen molar-refractivity contribution in [3.05, 3.63) is 12.2 Å². The Morgan fingerprint density at radius 1 is 1.33 bits per heavy atom. The van der Waals surface area contributed by atoms with Gasteiger partial charge in [0.25, 0.3) is 0 Å². The van der Waals surface area contributed by atoms with E-state index in [1.807, 2.05) is 0 Å². The van der Waals surface area contributed by atoms with E-state index in [9.17, 15) is 9.90 Å². The van der Waals surface area contributed by atoms with Crippen molar-refractivity contribution in [2.45, 2.75) is 50.5 Å². The summed E-state index contributed by atoms with van der Waals surface area (Å²) in [6, 6.07) is 0. The van der Waals surface area contributed by atoms with E-state index in [4.69, 9.17) is 0 Å². The Morgan fingerprint density at radius 2 is 2.13 bits per heavy atom. The number of rotatable bonds is 0. The predicted molar refractivity (Wildman–Crippen MR) is 57.3 cm³/mol. The van der Waals surface area contributed by atoms with Crippen LogP contribution in [0.25, 0.3) is 0 Å². The summed E-state index contributed by atoms with van der Waals surface area (Å²) in [6.45, 7) is 4.08. The molecule has 0 heterocycles. The minimum absolute atomic E-state index is 0.0258. The molecule has 0 bridgehead atoms. The minimum atomic E-state index is -0.518. The summed E-state index contributed by atoms with van der Waals surface area (Å²) in [5, 5.41) is 10.7. The lowest BCUT2D eigenvalue weighted by atomic mass is 9.63. The molecular weight excluding hydrogens is 188 g/mol. The molecule has 0 saturated heterocycles. The second-order valence-corrected chi connectivity index (χ2v) is 5.67. The van der Waals surface area contributed by atoms with Crippen LogP contribution in [-0.4, -0.2) is 16.5 Å². The maximum atomic E-state index is 11.5. The van der Waals surface area contributed by atoms with Crippen LogP contribution in [0.3, 0.4) is 0 Å². The fourth-order valence-corrected chi connectivity index (χ4v) is 4.39. The molecule has 3 aliphatic carbocycles. The van der Waals surface area contributed by atoms with Gasteiger partial charge in [-0.2, -0.15) is 0 Å². The van der Waals surface area contributed by atoms with Crippen LogP contribution < -0.4 is 0 Å². The lowest BCUT2D eigenvalue weighted by Gasteiger charge is -2.43. The summed E-state index contributed by atoms with van der Waals surface area (Å²) < 4.78 is 0. The Labute approximate surface area is 90.4 Å². The molecule has 0 unspecified atom stereocenters. The highest BCUT2D eigenvalue weighted by Crippen LogP contribution is 2.66. The molecule has 3 fully saturated rings. The van der Waals surface area contributed by atoms with E-state index in [0.29, 0.717) is 18.6 Å². The van der Waals surface area contributed by atoms with Gasteiger partial charge in [0.1, 0.15) is 5.78 Å². The molecule has 2 nitrogen and oxygen atoms in total. The van der Waals surface area contributed by atoms with Crippen molar-refractivity contribution in [1.29, 1.82) is 0 Å². The van der Waals surface area contributed by atoms with Crippen LogP contribution in [0.4, 0.5) is 0 Å². The summed E-state index contributed by atoms with van der Waals surface area (Å²) >= 11 is 0. The van der Waals surface area contributed by atoms with Gasteiger partial charge in [-0.1, -0.05) is 12.2 Å². The van der Waals surface area contributed by atoms with Crippen LogP contribution in [0.5, 0.6) is 0 Å². The summed E-state index contributed by atoms with van der Waals surface area (Å²) in [5.74, 6) is 0.647. The molecular formula is C13H18O2. The first-order chi connectivity index (χ1) is 7.07. The molecule has 0 aromatic rings. The van der Waals surface area contributed by atoms with E-state index in [1.165, 1.54) is 0 Å². The van der Waals surface area contributed by atoms with Crippen LogP contribution in [-0.2, 0) is 4.79 Å². The molecule has 0 amide bonds. The van der Waals surface area contributed by atoms with E-state index >= 15 is 0 Å². The SMILES string of the molecule is C=C1C[C@@]2(O)CCC[C@@]23CCC(=O)C[C@H]13. The summed E-state index contributed by atoms with van der Waals surface area (Å²) in [5.41, 5.74) is 0.637. The van der Waals surface area contributed by atoms with Gasteiger partial charge in [0.15, 0.2) is 0 Å². The third-order valence-corrected chi connectivity index (χ3v) is 5.10. The van der Waals surface area contributed by atoms with Gasteiger partial charge in [-0.3, -0.25) is 4.79 Å². The molecule has 0 aromatic heterocycles. The zero-order valence-corrected chi connectivity index (χ0v) is 9.09. The molecule has 1 spiro atoms. The van der Waals surface area contributed by atoms with Crippen molar-refractivity contribution >= 4 is 5.78 Å². The molecule has 3 atom stereocenters. The van der Waals surface area contributed by atoms with E-state index in [0.717, 1.165) is 37.7 Å². The Balaban J connectivity index is 2.05. The topological polar surface area (TPSA) is 37.3 Å². The smallest absolute Gasteiger partial charge is 0.133 e. The number of carbonyl (C=O) groups excluding carboxylic acids is 1. The number of hydrogen-bond donors (Lipinski definition) is 1. The van der Waals surface area contributed by atoms with Gasteiger partial charge >= 0.3 is 0 Å². The predicted octanol–water partition coefficient (Wildman–Crippen LogP) is 2.22. The van der Waals surface area contributed by atoms with E-state index in [2.05, 4.69) is 6.58 Å². The van der Waals surface area contributed by atoms with Gasteiger partial charge in [-0.05, 0) is 38.0 Å². The van der Waals surface area contributed by atoms with Gasteiger partial charge < -0.3 is 5.11 Å². The average Bonchev–Trinajstić information content (AvgIpc) is 2.57. The summed E-state index contributed by atoms with van der Waals surface area (Å²) in [4.78, 5) is 11.5. The molecule has 0 radical (unpaired) electrons. The third-order valence-electron chi connectivity index (χ3n) is 5.10. The highest BCUT2D eigenvalue weighted by atomic mass is 16.3. The molecule has 2 heteroatoms. The Bertz CT molecular complexity index is 346. The van der Waals surface area contributed by atoms with E-state index < -0.39 is 5.60 Å². The first-order valence-corrected chi connectivity index (χ1v) is 5.99. The van der Waals surface area contributed by atoms with Crippen LogP contribution in [0.15, 0.2) is 12.2 Å². The lowest BCUT2D eigenvalue weighted by Crippen LogP contribution is -2.45. The monoisotopic (exact) mass is 206 g/mol. The second-order valence-electron chi connectivity index (χ2n) is 5.67. The number of carbonyl (C=O) groups is 1. The van der Waals surface area contributed by atoms with Crippen LogP contribution in [0.1, 0.15) is 44.9 Å². The summed E-state index contributed by atoms with van der Waals surface area (Å²) in [6.07, 6.45) is 6.08. The minimum Gasteiger partial charge on any atom is -0.389 e. The van der Waals surface area contributed by atoms with Gasteiger partial charge in [0, 0.05) is 18.3 Å². The van der Waals surface area contributed by atoms with E-state index in [-0.39, 0.29) is 11.3 Å². The van der Waals surface area contributed by atoms with E-state index in [1.54, 1.807) is 0 Å². The number of ketones is 1. The molecule has 0 aliphatic heterocycles. The molecule has 82 valence electrons. The van der Waals surface area contributed by atoms with Crippen molar-refractivity contribution in [2.75, 3.05) is 0 Å². The fraction of sp³-hybridized carbons (Fsp3) is 0.769. The molecule has 15 heavy (non-hydrogen) atoms. The van der Waals surface area contributed by atoms with Gasteiger partial charge in [-0.25, -0.2) is 0 Å². The van der Waals surface area contributed by atoms with Crippen LogP contribution >= 0.6 is 0 Å². The van der Waals surface area contributed by atoms with Crippen LogP contribution in [0.2, 0.25) is 0 Å². The molecule has 3 aliphatic rings.